The second kappa shape index (κ2) is 22.1. The summed E-state index contributed by atoms with van der Waals surface area (Å²) in [4.78, 5) is 23.6. The molecule has 0 aromatic heterocycles. The van der Waals surface area contributed by atoms with Gasteiger partial charge in [-0.3, -0.25) is 4.79 Å². The van der Waals surface area contributed by atoms with Gasteiger partial charge >= 0.3 is 0 Å². The van der Waals surface area contributed by atoms with E-state index >= 15 is 0 Å². The summed E-state index contributed by atoms with van der Waals surface area (Å²) in [6, 6.07) is 0. The lowest BCUT2D eigenvalue weighted by Crippen LogP contribution is -2.56. The Morgan fingerprint density at radius 3 is 1.19 bits per heavy atom. The summed E-state index contributed by atoms with van der Waals surface area (Å²) >= 11 is 0. The standard InChI is InChI=1S/C31H61NO4/c1-5-6-7-8-9-10-11-12-13-14-15-16-17-18-19-20-21-22-23-24-25-26-29(33)31(36,27-30(34)35)28-32(2,3)4/h36H,5-28H2,1-4H3/t31-/m1/s1. The first kappa shape index (κ1) is 35.1. The number of carbonyl (C=O) groups excluding carboxylic acids is 2. The van der Waals surface area contributed by atoms with Gasteiger partial charge in [0, 0.05) is 18.8 Å². The molecule has 0 amide bonds. The summed E-state index contributed by atoms with van der Waals surface area (Å²) in [6.45, 7) is 2.36. The SMILES string of the molecule is CCCCCCCCCCCCCCCCCCCCCCCC(=O)[C@@](O)(CC(=O)[O-])C[N+](C)(C)C. The highest BCUT2D eigenvalue weighted by Gasteiger charge is 2.40. The van der Waals surface area contributed by atoms with Crippen molar-refractivity contribution in [3.05, 3.63) is 0 Å². The quantitative estimate of drug-likeness (QED) is 0.0979. The number of hydrogen-bond acceptors (Lipinski definition) is 4. The smallest absolute Gasteiger partial charge is 0.177 e. The molecule has 0 radical (unpaired) electrons. The van der Waals surface area contributed by atoms with Crippen molar-refractivity contribution in [3.63, 3.8) is 0 Å². The molecule has 0 spiro atoms. The van der Waals surface area contributed by atoms with E-state index in [0.29, 0.717) is 10.9 Å². The Bertz CT molecular complexity index is 543. The van der Waals surface area contributed by atoms with Gasteiger partial charge in [-0.25, -0.2) is 0 Å². The number of likely N-dealkylation sites (N-methyl/N-ethyl adjacent to an activating group) is 1. The van der Waals surface area contributed by atoms with Gasteiger partial charge in [0.2, 0.25) is 0 Å². The van der Waals surface area contributed by atoms with Crippen molar-refractivity contribution in [1.29, 1.82) is 0 Å². The number of aliphatic hydroxyl groups is 1. The molecular weight excluding hydrogens is 450 g/mol. The van der Waals surface area contributed by atoms with Crippen LogP contribution in [0.25, 0.3) is 0 Å². The maximum atomic E-state index is 12.5. The van der Waals surface area contributed by atoms with Crippen molar-refractivity contribution in [3.8, 4) is 0 Å². The zero-order valence-corrected chi connectivity index (χ0v) is 24.6. The molecule has 0 aromatic rings. The molecule has 0 saturated heterocycles. The van der Waals surface area contributed by atoms with E-state index in [4.69, 9.17) is 0 Å². The minimum Gasteiger partial charge on any atom is -0.550 e. The number of aliphatic carboxylic acids is 1. The Morgan fingerprint density at radius 2 is 0.917 bits per heavy atom. The van der Waals surface area contributed by atoms with E-state index in [1.165, 1.54) is 116 Å². The number of quaternary nitrogens is 1. The zero-order chi connectivity index (χ0) is 27.1. The third-order valence-electron chi connectivity index (χ3n) is 7.20. The van der Waals surface area contributed by atoms with Gasteiger partial charge in [-0.2, -0.15) is 0 Å². The fourth-order valence-corrected chi connectivity index (χ4v) is 5.22. The first-order valence-electron chi connectivity index (χ1n) is 15.4. The molecule has 0 aliphatic heterocycles. The topological polar surface area (TPSA) is 77.4 Å². The van der Waals surface area contributed by atoms with Gasteiger partial charge in [-0.05, 0) is 6.42 Å². The molecule has 0 heterocycles. The number of ketones is 1. The average molecular weight is 512 g/mol. The first-order valence-corrected chi connectivity index (χ1v) is 15.4. The van der Waals surface area contributed by atoms with Crippen LogP contribution < -0.4 is 5.11 Å². The van der Waals surface area contributed by atoms with E-state index in [2.05, 4.69) is 6.92 Å². The highest BCUT2D eigenvalue weighted by Crippen LogP contribution is 2.20. The monoisotopic (exact) mass is 511 g/mol. The normalized spacial score (nSPS) is 13.6. The highest BCUT2D eigenvalue weighted by atomic mass is 16.4. The Morgan fingerprint density at radius 1 is 0.611 bits per heavy atom. The van der Waals surface area contributed by atoms with Gasteiger partial charge in [0.25, 0.3) is 0 Å². The largest absolute Gasteiger partial charge is 0.550 e. The molecule has 214 valence electrons. The Labute approximate surface area is 224 Å². The molecule has 5 heteroatoms. The summed E-state index contributed by atoms with van der Waals surface area (Å²) < 4.78 is 0.328. The molecule has 0 aliphatic rings. The first-order chi connectivity index (χ1) is 17.1. The summed E-state index contributed by atoms with van der Waals surface area (Å²) in [5.41, 5.74) is -1.83. The van der Waals surface area contributed by atoms with E-state index in [1.54, 1.807) is 0 Å². The summed E-state index contributed by atoms with van der Waals surface area (Å²) in [7, 11) is 5.52. The van der Waals surface area contributed by atoms with Gasteiger partial charge in [0.1, 0.15) is 6.54 Å². The highest BCUT2D eigenvalue weighted by molar-refractivity contribution is 5.90. The molecule has 0 fully saturated rings. The Hall–Kier alpha value is -0.940. The predicted octanol–water partition coefficient (Wildman–Crippen LogP) is 6.73. The fraction of sp³-hybridized carbons (Fsp3) is 0.935. The van der Waals surface area contributed by atoms with Crippen molar-refractivity contribution in [2.45, 2.75) is 160 Å². The maximum Gasteiger partial charge on any atom is 0.177 e. The molecule has 1 atom stereocenters. The van der Waals surface area contributed by atoms with Crippen molar-refractivity contribution in [2.24, 2.45) is 0 Å². The molecule has 36 heavy (non-hydrogen) atoms. The number of carboxylic acids is 1. The molecule has 5 nitrogen and oxygen atoms in total. The van der Waals surface area contributed by atoms with E-state index in [9.17, 15) is 19.8 Å². The average Bonchev–Trinajstić information content (AvgIpc) is 2.78. The number of rotatable bonds is 27. The molecule has 0 aliphatic carbocycles. The van der Waals surface area contributed by atoms with Crippen LogP contribution in [0, 0.1) is 0 Å². The van der Waals surface area contributed by atoms with Gasteiger partial charge in [-0.1, -0.05) is 135 Å². The molecule has 0 aromatic carbocycles. The molecule has 1 N–H and O–H groups in total. The van der Waals surface area contributed by atoms with Crippen molar-refractivity contribution in [1.82, 2.24) is 0 Å². The Balaban J connectivity index is 3.53. The second-order valence-corrected chi connectivity index (χ2v) is 12.3. The zero-order valence-electron chi connectivity index (χ0n) is 24.6. The minimum absolute atomic E-state index is 0.0824. The number of carbonyl (C=O) groups is 2. The van der Waals surface area contributed by atoms with Gasteiger partial charge in [0.15, 0.2) is 11.4 Å². The van der Waals surface area contributed by atoms with Crippen LogP contribution >= 0.6 is 0 Å². The second-order valence-electron chi connectivity index (χ2n) is 12.3. The lowest BCUT2D eigenvalue weighted by atomic mass is 9.89. The number of Topliss-reactive ketones (excluding diaryl/α,β-unsaturated/α-hetero) is 1. The molecule has 0 unspecified atom stereocenters. The van der Waals surface area contributed by atoms with Crippen LogP contribution in [0.15, 0.2) is 0 Å². The van der Waals surface area contributed by atoms with Crippen molar-refractivity contribution >= 4 is 11.8 Å². The van der Waals surface area contributed by atoms with Gasteiger partial charge in [0.05, 0.1) is 21.1 Å². The molecule has 0 rings (SSSR count). The third-order valence-corrected chi connectivity index (χ3v) is 7.20. The van der Waals surface area contributed by atoms with Crippen LogP contribution in [-0.2, 0) is 9.59 Å². The van der Waals surface area contributed by atoms with E-state index in [1.807, 2.05) is 21.1 Å². The van der Waals surface area contributed by atoms with Crippen LogP contribution in [0.4, 0.5) is 0 Å². The predicted molar refractivity (Wildman–Crippen MR) is 150 cm³/mol. The number of unbranched alkanes of at least 4 members (excludes halogenated alkanes) is 20. The number of hydrogen-bond donors (Lipinski definition) is 1. The van der Waals surface area contributed by atoms with Gasteiger partial charge in [-0.15, -0.1) is 0 Å². The van der Waals surface area contributed by atoms with Crippen molar-refractivity contribution in [2.75, 3.05) is 27.7 Å². The maximum absolute atomic E-state index is 12.5. The summed E-state index contributed by atoms with van der Waals surface area (Å²) in [5, 5.41) is 21.7. The molecule has 0 bridgehead atoms. The number of carboxylic acid groups (broad SMARTS) is 1. The summed E-state index contributed by atoms with van der Waals surface area (Å²) in [6.07, 6.45) is 27.2. The number of nitrogens with zero attached hydrogens (tertiary/aromatic N) is 1. The van der Waals surface area contributed by atoms with Crippen LogP contribution in [0.2, 0.25) is 0 Å². The van der Waals surface area contributed by atoms with E-state index in [0.717, 1.165) is 12.8 Å². The summed E-state index contributed by atoms with van der Waals surface area (Å²) in [5.74, 6) is -1.74. The lowest BCUT2D eigenvalue weighted by molar-refractivity contribution is -0.875. The van der Waals surface area contributed by atoms with Crippen LogP contribution in [0.3, 0.4) is 0 Å². The van der Waals surface area contributed by atoms with E-state index in [-0.39, 0.29) is 18.7 Å². The van der Waals surface area contributed by atoms with Crippen LogP contribution in [0.5, 0.6) is 0 Å². The van der Waals surface area contributed by atoms with Crippen LogP contribution in [0.1, 0.15) is 155 Å². The Kier molecular flexibility index (Phi) is 21.5. The molecule has 0 saturated carbocycles. The van der Waals surface area contributed by atoms with Crippen molar-refractivity contribution < 1.29 is 24.3 Å². The minimum atomic E-state index is -1.83. The van der Waals surface area contributed by atoms with E-state index < -0.39 is 18.0 Å². The van der Waals surface area contributed by atoms with Crippen LogP contribution in [-0.4, -0.2) is 54.6 Å². The third kappa shape index (κ3) is 22.3. The van der Waals surface area contributed by atoms with Gasteiger partial charge < -0.3 is 19.5 Å². The lowest BCUT2D eigenvalue weighted by Gasteiger charge is -2.34. The fourth-order valence-electron chi connectivity index (χ4n) is 5.22. The molecular formula is C31H61NO4.